The van der Waals surface area contributed by atoms with E-state index in [1.54, 1.807) is 19.2 Å². The molecule has 1 amide bonds. The molecule has 0 radical (unpaired) electrons. The van der Waals surface area contributed by atoms with E-state index in [0.29, 0.717) is 24.7 Å². The largest absolute Gasteiger partial charge is 0.453 e. The SMILES string of the molecule is CCN(CC)CCNC(=O)c1ccc(COC)o1. The molecule has 5 heteroatoms. The molecule has 1 heterocycles. The van der Waals surface area contributed by atoms with Crippen molar-refractivity contribution in [1.82, 2.24) is 10.2 Å². The van der Waals surface area contributed by atoms with Gasteiger partial charge in [0.15, 0.2) is 5.76 Å². The topological polar surface area (TPSA) is 54.7 Å². The van der Waals surface area contributed by atoms with Crippen molar-refractivity contribution in [1.29, 1.82) is 0 Å². The minimum atomic E-state index is -0.176. The number of nitrogens with one attached hydrogen (secondary N) is 1. The van der Waals surface area contributed by atoms with Crippen molar-refractivity contribution in [2.45, 2.75) is 20.5 Å². The van der Waals surface area contributed by atoms with Gasteiger partial charge in [-0.15, -0.1) is 0 Å². The van der Waals surface area contributed by atoms with Crippen LogP contribution >= 0.6 is 0 Å². The second-order valence-corrected chi connectivity index (χ2v) is 3.98. The first-order valence-electron chi connectivity index (χ1n) is 6.29. The second kappa shape index (κ2) is 7.89. The van der Waals surface area contributed by atoms with Gasteiger partial charge in [0.05, 0.1) is 0 Å². The van der Waals surface area contributed by atoms with E-state index in [-0.39, 0.29) is 5.91 Å². The van der Waals surface area contributed by atoms with Crippen LogP contribution in [0.2, 0.25) is 0 Å². The zero-order valence-corrected chi connectivity index (χ0v) is 11.4. The number of amides is 1. The standard InChI is InChI=1S/C13H22N2O3/c1-4-15(5-2)9-8-14-13(16)12-7-6-11(18-12)10-17-3/h6-7H,4-5,8-10H2,1-3H3,(H,14,16). The average molecular weight is 254 g/mol. The Labute approximate surface area is 108 Å². The minimum Gasteiger partial charge on any atom is -0.453 e. The molecule has 0 fully saturated rings. The van der Waals surface area contributed by atoms with Crippen molar-refractivity contribution in [3.05, 3.63) is 23.7 Å². The number of carbonyl (C=O) groups excluding carboxylic acids is 1. The van der Waals surface area contributed by atoms with Crippen LogP contribution in [0.25, 0.3) is 0 Å². The van der Waals surface area contributed by atoms with E-state index in [2.05, 4.69) is 24.1 Å². The van der Waals surface area contributed by atoms with Crippen LogP contribution in [-0.4, -0.2) is 44.1 Å². The fourth-order valence-corrected chi connectivity index (χ4v) is 1.67. The van der Waals surface area contributed by atoms with Gasteiger partial charge in [0, 0.05) is 20.2 Å². The van der Waals surface area contributed by atoms with E-state index in [1.807, 2.05) is 0 Å². The third kappa shape index (κ3) is 4.50. The number of methoxy groups -OCH3 is 1. The number of nitrogens with zero attached hydrogens (tertiary/aromatic N) is 1. The highest BCUT2D eigenvalue weighted by Gasteiger charge is 2.10. The zero-order chi connectivity index (χ0) is 13.4. The molecule has 0 aliphatic heterocycles. The van der Waals surface area contributed by atoms with Gasteiger partial charge in [-0.3, -0.25) is 4.79 Å². The van der Waals surface area contributed by atoms with Crippen molar-refractivity contribution in [3.8, 4) is 0 Å². The molecule has 0 aliphatic carbocycles. The molecule has 0 aromatic carbocycles. The molecule has 0 atom stereocenters. The maximum atomic E-state index is 11.8. The molecule has 0 spiro atoms. The van der Waals surface area contributed by atoms with Crippen LogP contribution < -0.4 is 5.32 Å². The summed E-state index contributed by atoms with van der Waals surface area (Å²) in [4.78, 5) is 14.0. The molecule has 102 valence electrons. The molecule has 0 aliphatic rings. The Kier molecular flexibility index (Phi) is 6.46. The third-order valence-electron chi connectivity index (χ3n) is 2.78. The number of rotatable bonds is 8. The summed E-state index contributed by atoms with van der Waals surface area (Å²) in [6.45, 7) is 8.05. The van der Waals surface area contributed by atoms with Crippen LogP contribution in [-0.2, 0) is 11.3 Å². The summed E-state index contributed by atoms with van der Waals surface area (Å²) >= 11 is 0. The second-order valence-electron chi connectivity index (χ2n) is 3.98. The Morgan fingerprint density at radius 2 is 2.11 bits per heavy atom. The van der Waals surface area contributed by atoms with E-state index in [0.717, 1.165) is 19.6 Å². The fourth-order valence-electron chi connectivity index (χ4n) is 1.67. The lowest BCUT2D eigenvalue weighted by Gasteiger charge is -2.17. The molecule has 5 nitrogen and oxygen atoms in total. The summed E-state index contributed by atoms with van der Waals surface area (Å²) < 4.78 is 10.3. The summed E-state index contributed by atoms with van der Waals surface area (Å²) in [5.41, 5.74) is 0. The van der Waals surface area contributed by atoms with E-state index >= 15 is 0 Å². The number of hydrogen-bond acceptors (Lipinski definition) is 4. The predicted octanol–water partition coefficient (Wildman–Crippen LogP) is 1.50. The molecular formula is C13H22N2O3. The first kappa shape index (κ1) is 14.7. The molecule has 1 N–H and O–H groups in total. The first-order chi connectivity index (χ1) is 8.71. The molecule has 0 bridgehead atoms. The smallest absolute Gasteiger partial charge is 0.287 e. The Morgan fingerprint density at radius 1 is 1.39 bits per heavy atom. The number of likely N-dealkylation sites (N-methyl/N-ethyl adjacent to an activating group) is 1. The lowest BCUT2D eigenvalue weighted by atomic mass is 10.4. The maximum absolute atomic E-state index is 11.8. The quantitative estimate of drug-likeness (QED) is 0.764. The maximum Gasteiger partial charge on any atom is 0.287 e. The lowest BCUT2D eigenvalue weighted by Crippen LogP contribution is -2.34. The van der Waals surface area contributed by atoms with Crippen molar-refractivity contribution in [2.75, 3.05) is 33.3 Å². The van der Waals surface area contributed by atoms with Crippen molar-refractivity contribution < 1.29 is 13.9 Å². The van der Waals surface area contributed by atoms with Crippen LogP contribution in [0.3, 0.4) is 0 Å². The Morgan fingerprint density at radius 3 is 2.72 bits per heavy atom. The van der Waals surface area contributed by atoms with E-state index < -0.39 is 0 Å². The van der Waals surface area contributed by atoms with Gasteiger partial charge in [0.25, 0.3) is 5.91 Å². The minimum absolute atomic E-state index is 0.176. The number of hydrogen-bond donors (Lipinski definition) is 1. The van der Waals surface area contributed by atoms with E-state index in [9.17, 15) is 4.79 Å². The molecule has 18 heavy (non-hydrogen) atoms. The number of carbonyl (C=O) groups is 1. The van der Waals surface area contributed by atoms with Crippen molar-refractivity contribution in [2.24, 2.45) is 0 Å². The number of furan rings is 1. The fraction of sp³-hybridized carbons (Fsp3) is 0.615. The third-order valence-corrected chi connectivity index (χ3v) is 2.78. The molecule has 0 unspecified atom stereocenters. The van der Waals surface area contributed by atoms with Gasteiger partial charge in [-0.1, -0.05) is 13.8 Å². The monoisotopic (exact) mass is 254 g/mol. The first-order valence-corrected chi connectivity index (χ1v) is 6.29. The van der Waals surface area contributed by atoms with Gasteiger partial charge < -0.3 is 19.4 Å². The highest BCUT2D eigenvalue weighted by atomic mass is 16.5. The van der Waals surface area contributed by atoms with Gasteiger partial charge in [0.2, 0.25) is 0 Å². The highest BCUT2D eigenvalue weighted by Crippen LogP contribution is 2.08. The average Bonchev–Trinajstić information content (AvgIpc) is 2.83. The van der Waals surface area contributed by atoms with E-state index in [1.165, 1.54) is 0 Å². The molecule has 1 aromatic heterocycles. The molecule has 1 aromatic rings. The van der Waals surface area contributed by atoms with Gasteiger partial charge in [-0.25, -0.2) is 0 Å². The summed E-state index contributed by atoms with van der Waals surface area (Å²) in [6, 6.07) is 3.42. The zero-order valence-electron chi connectivity index (χ0n) is 11.4. The van der Waals surface area contributed by atoms with Crippen LogP contribution in [0.4, 0.5) is 0 Å². The van der Waals surface area contributed by atoms with Gasteiger partial charge in [-0.2, -0.15) is 0 Å². The molecule has 0 saturated carbocycles. The summed E-state index contributed by atoms with van der Waals surface area (Å²) in [6.07, 6.45) is 0. The van der Waals surface area contributed by atoms with Crippen LogP contribution in [0.15, 0.2) is 16.5 Å². The molecular weight excluding hydrogens is 232 g/mol. The predicted molar refractivity (Wildman–Crippen MR) is 69.5 cm³/mol. The Hall–Kier alpha value is -1.33. The van der Waals surface area contributed by atoms with Crippen molar-refractivity contribution >= 4 is 5.91 Å². The summed E-state index contributed by atoms with van der Waals surface area (Å²) in [5.74, 6) is 0.817. The van der Waals surface area contributed by atoms with Crippen LogP contribution in [0.5, 0.6) is 0 Å². The van der Waals surface area contributed by atoms with Gasteiger partial charge in [-0.05, 0) is 25.2 Å². The Balaban J connectivity index is 2.35. The highest BCUT2D eigenvalue weighted by molar-refractivity contribution is 5.91. The van der Waals surface area contributed by atoms with Gasteiger partial charge >= 0.3 is 0 Å². The summed E-state index contributed by atoms with van der Waals surface area (Å²) in [5, 5.41) is 2.84. The van der Waals surface area contributed by atoms with Gasteiger partial charge in [0.1, 0.15) is 12.4 Å². The number of ether oxygens (including phenoxy) is 1. The lowest BCUT2D eigenvalue weighted by molar-refractivity contribution is 0.0912. The van der Waals surface area contributed by atoms with Crippen molar-refractivity contribution in [3.63, 3.8) is 0 Å². The Bertz CT molecular complexity index is 359. The van der Waals surface area contributed by atoms with Crippen LogP contribution in [0, 0.1) is 0 Å². The normalized spacial score (nSPS) is 10.9. The summed E-state index contributed by atoms with van der Waals surface area (Å²) in [7, 11) is 1.59. The van der Waals surface area contributed by atoms with Crippen LogP contribution in [0.1, 0.15) is 30.2 Å². The molecule has 1 rings (SSSR count). The van der Waals surface area contributed by atoms with E-state index in [4.69, 9.17) is 9.15 Å². The molecule has 0 saturated heterocycles.